The summed E-state index contributed by atoms with van der Waals surface area (Å²) in [7, 11) is 1.52. The average Bonchev–Trinajstić information content (AvgIpc) is 3.20. The van der Waals surface area contributed by atoms with E-state index in [2.05, 4.69) is 20.4 Å². The Balaban J connectivity index is 0.00000385. The Morgan fingerprint density at radius 2 is 1.76 bits per heavy atom. The zero-order chi connectivity index (χ0) is 23.3. The van der Waals surface area contributed by atoms with Gasteiger partial charge in [0.1, 0.15) is 30.0 Å². The van der Waals surface area contributed by atoms with Crippen molar-refractivity contribution in [3.05, 3.63) is 35.2 Å². The zero-order valence-corrected chi connectivity index (χ0v) is 18.3. The number of quaternary nitrogens is 1. The SMILES string of the molecule is COCCOCCOc1cc(F)c(C2=C(NC(C)C(F)(F)F)[NH+]3N=CN=C3N=C2)c(F)c1.[Cl-]. The maximum Gasteiger partial charge on any atom is 0.408 e. The fourth-order valence-electron chi connectivity index (χ4n) is 2.84. The van der Waals surface area contributed by atoms with E-state index in [0.29, 0.717) is 13.2 Å². The van der Waals surface area contributed by atoms with Gasteiger partial charge in [0.2, 0.25) is 5.82 Å². The van der Waals surface area contributed by atoms with Gasteiger partial charge in [-0.15, -0.1) is 0 Å². The molecule has 2 aliphatic heterocycles. The van der Waals surface area contributed by atoms with E-state index in [-0.39, 0.29) is 53.7 Å². The van der Waals surface area contributed by atoms with Crippen molar-refractivity contribution in [2.75, 3.05) is 33.5 Å². The molecule has 0 spiro atoms. The topological polar surface area (TPSA) is 81.2 Å². The van der Waals surface area contributed by atoms with Crippen molar-refractivity contribution in [3.63, 3.8) is 0 Å². The number of allylic oxidation sites excluding steroid dienone is 1. The van der Waals surface area contributed by atoms with E-state index in [1.165, 1.54) is 7.11 Å². The smallest absolute Gasteiger partial charge is 0.408 e. The van der Waals surface area contributed by atoms with E-state index in [4.69, 9.17) is 14.2 Å². The highest BCUT2D eigenvalue weighted by molar-refractivity contribution is 6.15. The van der Waals surface area contributed by atoms with E-state index in [0.717, 1.165) is 31.6 Å². The molecule has 0 bridgehead atoms. The molecular formula is C19H21ClF5N5O3. The first kappa shape index (κ1) is 26.6. The van der Waals surface area contributed by atoms with Crippen LogP contribution in [0.15, 0.2) is 33.0 Å². The van der Waals surface area contributed by atoms with Crippen molar-refractivity contribution in [3.8, 4) is 5.75 Å². The van der Waals surface area contributed by atoms with Crippen molar-refractivity contribution < 1.29 is 53.6 Å². The van der Waals surface area contributed by atoms with Crippen LogP contribution in [0, 0.1) is 11.6 Å². The number of ether oxygens (including phenoxy) is 3. The van der Waals surface area contributed by atoms with E-state index in [1.807, 2.05) is 0 Å². The molecule has 2 heterocycles. The lowest BCUT2D eigenvalue weighted by atomic mass is 10.0. The predicted octanol–water partition coefficient (Wildman–Crippen LogP) is -1.50. The highest BCUT2D eigenvalue weighted by Gasteiger charge is 2.42. The largest absolute Gasteiger partial charge is 1.00 e. The lowest BCUT2D eigenvalue weighted by Crippen LogP contribution is -3.09. The molecule has 182 valence electrons. The quantitative estimate of drug-likeness (QED) is 0.305. The summed E-state index contributed by atoms with van der Waals surface area (Å²) in [5, 5.41) is 6.10. The minimum atomic E-state index is -4.60. The highest BCUT2D eigenvalue weighted by atomic mass is 35.5. The number of benzene rings is 1. The molecule has 0 aliphatic carbocycles. The van der Waals surface area contributed by atoms with Crippen LogP contribution in [-0.4, -0.2) is 64.3 Å². The number of hydrogen-bond acceptors (Lipinski definition) is 7. The van der Waals surface area contributed by atoms with Crippen LogP contribution < -0.4 is 27.5 Å². The van der Waals surface area contributed by atoms with Crippen molar-refractivity contribution in [2.45, 2.75) is 19.1 Å². The van der Waals surface area contributed by atoms with Crippen LogP contribution in [0.25, 0.3) is 5.57 Å². The Labute approximate surface area is 192 Å². The number of guanidine groups is 1. The van der Waals surface area contributed by atoms with Gasteiger partial charge in [-0.05, 0) is 6.92 Å². The molecule has 3 rings (SSSR count). The molecule has 0 radical (unpaired) electrons. The molecule has 2 aliphatic rings. The molecule has 1 aromatic rings. The standard InChI is InChI=1S/C19H20F5N5O3.ClH/c1-11(19(22,23)24)28-17-13(9-25-18-26-10-27-29(17)18)16-14(20)7-12(8-15(16)21)32-6-5-31-4-3-30-2;/h7-11,28H,3-6H2,1-2H3;1H. The second kappa shape index (κ2) is 11.5. The van der Waals surface area contributed by atoms with Gasteiger partial charge in [-0.1, -0.05) is 10.1 Å². The van der Waals surface area contributed by atoms with Crippen molar-refractivity contribution >= 4 is 24.1 Å². The molecule has 0 saturated heterocycles. The summed E-state index contributed by atoms with van der Waals surface area (Å²) in [5.74, 6) is -2.36. The monoisotopic (exact) mass is 497 g/mol. The van der Waals surface area contributed by atoms with E-state index >= 15 is 0 Å². The number of nitrogens with one attached hydrogen (secondary N) is 2. The molecule has 33 heavy (non-hydrogen) atoms. The molecular weight excluding hydrogens is 477 g/mol. The summed E-state index contributed by atoms with van der Waals surface area (Å²) in [6.45, 7) is 1.83. The number of rotatable bonds is 10. The maximum atomic E-state index is 14.9. The summed E-state index contributed by atoms with van der Waals surface area (Å²) in [6, 6.07) is -0.146. The van der Waals surface area contributed by atoms with Gasteiger partial charge < -0.3 is 31.9 Å². The van der Waals surface area contributed by atoms with E-state index in [1.54, 1.807) is 0 Å². The predicted molar refractivity (Wildman–Crippen MR) is 106 cm³/mol. The van der Waals surface area contributed by atoms with E-state index < -0.39 is 29.4 Å². The maximum absolute atomic E-state index is 14.9. The Morgan fingerprint density at radius 1 is 1.09 bits per heavy atom. The number of hydrogen-bond donors (Lipinski definition) is 2. The second-order valence-corrected chi connectivity index (χ2v) is 6.72. The first-order valence-electron chi connectivity index (χ1n) is 9.51. The van der Waals surface area contributed by atoms with Crippen LogP contribution in [0.1, 0.15) is 12.5 Å². The Hall–Kier alpha value is -2.61. The number of methoxy groups -OCH3 is 1. The summed E-state index contributed by atoms with van der Waals surface area (Å²) in [4.78, 5) is 7.78. The lowest BCUT2D eigenvalue weighted by molar-refractivity contribution is -0.771. The molecule has 0 fully saturated rings. The molecule has 2 unspecified atom stereocenters. The fourth-order valence-corrected chi connectivity index (χ4v) is 2.84. The number of aliphatic imine (C=N–C) groups is 2. The minimum Gasteiger partial charge on any atom is -1.00 e. The van der Waals surface area contributed by atoms with Gasteiger partial charge in [-0.3, -0.25) is 0 Å². The third-order valence-electron chi connectivity index (χ3n) is 4.47. The molecule has 14 heteroatoms. The number of halogens is 6. The third-order valence-corrected chi connectivity index (χ3v) is 4.47. The summed E-state index contributed by atoms with van der Waals surface area (Å²) in [5.41, 5.74) is -0.790. The van der Waals surface area contributed by atoms with Crippen LogP contribution in [0.2, 0.25) is 0 Å². The fraction of sp³-hybridized carbons (Fsp3) is 0.421. The third kappa shape index (κ3) is 6.47. The van der Waals surface area contributed by atoms with Gasteiger partial charge in [-0.25, -0.2) is 8.78 Å². The van der Waals surface area contributed by atoms with Crippen LogP contribution in [-0.2, 0) is 9.47 Å². The van der Waals surface area contributed by atoms with Gasteiger partial charge in [0.15, 0.2) is 6.34 Å². The molecule has 0 saturated carbocycles. The van der Waals surface area contributed by atoms with Gasteiger partial charge in [0, 0.05) is 19.2 Å². The Bertz CT molecular complexity index is 945. The van der Waals surface area contributed by atoms with Gasteiger partial charge in [0.05, 0.1) is 37.2 Å². The van der Waals surface area contributed by atoms with Crippen LogP contribution >= 0.6 is 0 Å². The molecule has 2 N–H and O–H groups in total. The highest BCUT2D eigenvalue weighted by Crippen LogP contribution is 2.28. The average molecular weight is 498 g/mol. The summed E-state index contributed by atoms with van der Waals surface area (Å²) in [6.07, 6.45) is -2.45. The van der Waals surface area contributed by atoms with Crippen LogP contribution in [0.5, 0.6) is 5.75 Å². The minimum absolute atomic E-state index is 0. The van der Waals surface area contributed by atoms with Crippen LogP contribution in [0.3, 0.4) is 0 Å². The normalized spacial score (nSPS) is 18.0. The van der Waals surface area contributed by atoms with Gasteiger partial charge in [0.25, 0.3) is 0 Å². The molecule has 2 atom stereocenters. The van der Waals surface area contributed by atoms with Crippen LogP contribution in [0.4, 0.5) is 22.0 Å². The van der Waals surface area contributed by atoms with Gasteiger partial charge in [-0.2, -0.15) is 23.2 Å². The first-order valence-corrected chi connectivity index (χ1v) is 9.51. The summed E-state index contributed by atoms with van der Waals surface area (Å²) < 4.78 is 84.4. The number of alkyl halides is 3. The lowest BCUT2D eigenvalue weighted by Gasteiger charge is -2.24. The van der Waals surface area contributed by atoms with E-state index in [9.17, 15) is 22.0 Å². The van der Waals surface area contributed by atoms with Gasteiger partial charge >= 0.3 is 12.1 Å². The van der Waals surface area contributed by atoms with Crippen molar-refractivity contribution in [1.29, 1.82) is 0 Å². The summed E-state index contributed by atoms with van der Waals surface area (Å²) >= 11 is 0. The molecule has 8 nitrogen and oxygen atoms in total. The Kier molecular flexibility index (Phi) is 9.28. The number of nitrogens with zero attached hydrogens (tertiary/aromatic N) is 3. The Morgan fingerprint density at radius 3 is 2.39 bits per heavy atom. The molecule has 0 aromatic heterocycles. The second-order valence-electron chi connectivity index (χ2n) is 6.72. The number of fused-ring (bicyclic) bond motifs is 1. The first-order chi connectivity index (χ1) is 15.2. The van der Waals surface area contributed by atoms with Crippen molar-refractivity contribution in [2.24, 2.45) is 15.1 Å². The molecule has 1 aromatic carbocycles. The molecule has 0 amide bonds. The van der Waals surface area contributed by atoms with Crippen molar-refractivity contribution in [1.82, 2.24) is 5.32 Å². The zero-order valence-electron chi connectivity index (χ0n) is 17.5.